The molecule has 3 nitrogen and oxygen atoms in total. The average Bonchev–Trinajstić information content (AvgIpc) is 2.51. The van der Waals surface area contributed by atoms with Gasteiger partial charge in [-0.2, -0.15) is 0 Å². The molecule has 0 unspecified atom stereocenters. The van der Waals surface area contributed by atoms with Crippen molar-refractivity contribution >= 4 is 5.97 Å². The fourth-order valence-corrected chi connectivity index (χ4v) is 1.79. The lowest BCUT2D eigenvalue weighted by atomic mass is 10.1. The highest BCUT2D eigenvalue weighted by atomic mass is 16.4. The van der Waals surface area contributed by atoms with Crippen molar-refractivity contribution in [3.63, 3.8) is 0 Å². The van der Waals surface area contributed by atoms with Crippen molar-refractivity contribution < 1.29 is 15.0 Å². The van der Waals surface area contributed by atoms with Gasteiger partial charge in [-0.1, -0.05) is 67.7 Å². The van der Waals surface area contributed by atoms with E-state index in [4.69, 9.17) is 5.11 Å². The van der Waals surface area contributed by atoms with Crippen LogP contribution in [0.4, 0.5) is 0 Å². The van der Waals surface area contributed by atoms with Gasteiger partial charge in [-0.3, -0.25) is 4.79 Å². The van der Waals surface area contributed by atoms with Crippen molar-refractivity contribution in [1.29, 1.82) is 0 Å². The number of hydrogen-bond acceptors (Lipinski definition) is 2. The number of rotatable bonds is 13. The van der Waals surface area contributed by atoms with Gasteiger partial charge >= 0.3 is 5.97 Å². The molecule has 0 aromatic heterocycles. The van der Waals surface area contributed by atoms with Crippen molar-refractivity contribution in [1.82, 2.24) is 0 Å². The lowest BCUT2D eigenvalue weighted by Gasteiger charge is -2.02. The van der Waals surface area contributed by atoms with E-state index < -0.39 is 12.1 Å². The van der Waals surface area contributed by atoms with Crippen LogP contribution < -0.4 is 0 Å². The highest BCUT2D eigenvalue weighted by molar-refractivity contribution is 5.66. The molecule has 0 bridgehead atoms. The molecule has 0 saturated heterocycles. The summed E-state index contributed by atoms with van der Waals surface area (Å²) in [7, 11) is 0. The molecule has 23 heavy (non-hydrogen) atoms. The highest BCUT2D eigenvalue weighted by Gasteiger charge is 2.01. The van der Waals surface area contributed by atoms with Crippen LogP contribution in [0, 0.1) is 0 Å². The van der Waals surface area contributed by atoms with Gasteiger partial charge in [-0.25, -0.2) is 0 Å². The smallest absolute Gasteiger partial charge is 0.303 e. The maximum atomic E-state index is 10.3. The van der Waals surface area contributed by atoms with Gasteiger partial charge in [0.25, 0.3) is 0 Å². The zero-order valence-electron chi connectivity index (χ0n) is 14.1. The number of carbonyl (C=O) groups is 1. The summed E-state index contributed by atoms with van der Waals surface area (Å²) in [6.45, 7) is 2.13. The normalized spacial score (nSPS) is 14.2. The Labute approximate surface area is 140 Å². The number of carboxylic acids is 1. The van der Waals surface area contributed by atoms with E-state index in [0.29, 0.717) is 12.8 Å². The Balaban J connectivity index is 3.65. The number of aliphatic hydroxyl groups is 1. The second-order valence-electron chi connectivity index (χ2n) is 5.20. The minimum Gasteiger partial charge on any atom is -0.481 e. The molecule has 0 aliphatic rings. The van der Waals surface area contributed by atoms with Crippen molar-refractivity contribution in [2.24, 2.45) is 0 Å². The molecule has 0 rings (SSSR count). The van der Waals surface area contributed by atoms with Crippen LogP contribution in [0.5, 0.6) is 0 Å². The molecule has 3 heteroatoms. The van der Waals surface area contributed by atoms with E-state index in [0.717, 1.165) is 25.7 Å². The number of carboxylic acid groups (broad SMARTS) is 1. The second kappa shape index (κ2) is 16.5. The zero-order chi connectivity index (χ0) is 17.2. The minimum atomic E-state index is -0.819. The monoisotopic (exact) mass is 318 g/mol. The van der Waals surface area contributed by atoms with Crippen molar-refractivity contribution in [3.05, 3.63) is 60.8 Å². The maximum absolute atomic E-state index is 10.3. The van der Waals surface area contributed by atoms with Gasteiger partial charge in [-0.05, 0) is 38.5 Å². The van der Waals surface area contributed by atoms with Gasteiger partial charge in [0, 0.05) is 6.42 Å². The third-order valence-corrected chi connectivity index (χ3v) is 3.02. The van der Waals surface area contributed by atoms with E-state index in [1.165, 1.54) is 0 Å². The first kappa shape index (κ1) is 21.1. The highest BCUT2D eigenvalue weighted by Crippen LogP contribution is 2.02. The molecule has 0 radical (unpaired) electrons. The standard InChI is InChI=1S/C20H30O3/c1-2-3-4-5-6-7-8-9-10-11-12-13-14-16-19(21)17-15-18-20(22)23/h3-4,6-7,9-10,12-14,16,19,21H,2,5,8,11,15,17-18H2,1H3,(H,22,23)/b4-3-,7-6-,10-9-,13-12-,16-14+/t19-/m0/s1. The molecule has 0 spiro atoms. The zero-order valence-corrected chi connectivity index (χ0v) is 14.1. The van der Waals surface area contributed by atoms with Crippen LogP contribution in [0.2, 0.25) is 0 Å². The number of aliphatic carboxylic acids is 1. The van der Waals surface area contributed by atoms with Crippen LogP contribution in [0.3, 0.4) is 0 Å². The Hall–Kier alpha value is -1.87. The number of hydrogen-bond donors (Lipinski definition) is 2. The Morgan fingerprint density at radius 1 is 0.913 bits per heavy atom. The number of allylic oxidation sites excluding steroid dienone is 9. The molecule has 0 fully saturated rings. The molecular formula is C20H30O3. The molecule has 0 heterocycles. The first-order valence-corrected chi connectivity index (χ1v) is 8.35. The summed E-state index contributed by atoms with van der Waals surface area (Å²) in [5.41, 5.74) is 0. The van der Waals surface area contributed by atoms with E-state index in [1.807, 2.05) is 12.2 Å². The van der Waals surface area contributed by atoms with Crippen LogP contribution >= 0.6 is 0 Å². The molecule has 2 N–H and O–H groups in total. The Morgan fingerprint density at radius 3 is 2.04 bits per heavy atom. The molecule has 0 aliphatic heterocycles. The Kier molecular flexibility index (Phi) is 15.2. The second-order valence-corrected chi connectivity index (χ2v) is 5.20. The summed E-state index contributed by atoms with van der Waals surface area (Å²) in [4.78, 5) is 10.3. The van der Waals surface area contributed by atoms with Crippen LogP contribution in [0.1, 0.15) is 51.9 Å². The van der Waals surface area contributed by atoms with E-state index in [1.54, 1.807) is 12.2 Å². The summed E-state index contributed by atoms with van der Waals surface area (Å²) in [5, 5.41) is 18.1. The predicted molar refractivity (Wildman–Crippen MR) is 97.3 cm³/mol. The molecule has 0 amide bonds. The number of aliphatic hydroxyl groups excluding tert-OH is 1. The van der Waals surface area contributed by atoms with Gasteiger partial charge in [0.15, 0.2) is 0 Å². The Bertz CT molecular complexity index is 428. The first-order chi connectivity index (χ1) is 11.2. The molecule has 0 aliphatic carbocycles. The molecule has 0 aromatic rings. The fraction of sp³-hybridized carbons (Fsp3) is 0.450. The molecule has 0 saturated carbocycles. The third kappa shape index (κ3) is 18.1. The van der Waals surface area contributed by atoms with Gasteiger partial charge in [0.05, 0.1) is 6.10 Å². The third-order valence-electron chi connectivity index (χ3n) is 3.02. The van der Waals surface area contributed by atoms with Gasteiger partial charge in [-0.15, -0.1) is 0 Å². The summed E-state index contributed by atoms with van der Waals surface area (Å²) < 4.78 is 0. The predicted octanol–water partition coefficient (Wildman–Crippen LogP) is 4.96. The van der Waals surface area contributed by atoms with Crippen molar-refractivity contribution in [3.8, 4) is 0 Å². The molecular weight excluding hydrogens is 288 g/mol. The van der Waals surface area contributed by atoms with Crippen LogP contribution in [-0.2, 0) is 4.79 Å². The van der Waals surface area contributed by atoms with E-state index in [2.05, 4.69) is 43.4 Å². The van der Waals surface area contributed by atoms with Crippen LogP contribution in [0.25, 0.3) is 0 Å². The lowest BCUT2D eigenvalue weighted by molar-refractivity contribution is -0.137. The fourth-order valence-electron chi connectivity index (χ4n) is 1.79. The van der Waals surface area contributed by atoms with Crippen molar-refractivity contribution in [2.45, 2.75) is 58.0 Å². The average molecular weight is 318 g/mol. The van der Waals surface area contributed by atoms with Gasteiger partial charge in [0.1, 0.15) is 0 Å². The molecule has 0 aromatic carbocycles. The van der Waals surface area contributed by atoms with Crippen LogP contribution in [0.15, 0.2) is 60.8 Å². The van der Waals surface area contributed by atoms with Gasteiger partial charge < -0.3 is 10.2 Å². The quantitative estimate of drug-likeness (QED) is 0.372. The van der Waals surface area contributed by atoms with E-state index in [9.17, 15) is 9.90 Å². The summed E-state index contributed by atoms with van der Waals surface area (Å²) in [6, 6.07) is 0. The largest absolute Gasteiger partial charge is 0.481 e. The maximum Gasteiger partial charge on any atom is 0.303 e. The molecule has 1 atom stereocenters. The lowest BCUT2D eigenvalue weighted by Crippen LogP contribution is -2.03. The molecule has 128 valence electrons. The SMILES string of the molecule is CC/C=C\C/C=C\C/C=C\C/C=C\C=C\[C@H](O)CCCC(=O)O. The Morgan fingerprint density at radius 2 is 1.48 bits per heavy atom. The van der Waals surface area contributed by atoms with Crippen molar-refractivity contribution in [2.75, 3.05) is 0 Å². The van der Waals surface area contributed by atoms with E-state index in [-0.39, 0.29) is 6.42 Å². The minimum absolute atomic E-state index is 0.106. The van der Waals surface area contributed by atoms with Crippen LogP contribution in [-0.4, -0.2) is 22.3 Å². The van der Waals surface area contributed by atoms with E-state index >= 15 is 0 Å². The summed E-state index contributed by atoms with van der Waals surface area (Å²) in [5.74, 6) is -0.819. The van der Waals surface area contributed by atoms with Gasteiger partial charge in [0.2, 0.25) is 0 Å². The first-order valence-electron chi connectivity index (χ1n) is 8.35. The topological polar surface area (TPSA) is 57.5 Å². The summed E-state index contributed by atoms with van der Waals surface area (Å²) >= 11 is 0. The summed E-state index contributed by atoms with van der Waals surface area (Å²) in [6.07, 6.45) is 24.7.